The normalized spacial score (nSPS) is 10.6. The van der Waals surface area contributed by atoms with Crippen molar-refractivity contribution in [2.75, 3.05) is 6.54 Å². The number of hydrogen-bond donors (Lipinski definition) is 3. The van der Waals surface area contributed by atoms with Crippen molar-refractivity contribution in [1.29, 1.82) is 0 Å². The van der Waals surface area contributed by atoms with Crippen LogP contribution in [-0.4, -0.2) is 33.5 Å². The Kier molecular flexibility index (Phi) is 5.66. The number of benzene rings is 2. The molecule has 27 heavy (non-hydrogen) atoms. The first kappa shape index (κ1) is 18.4. The van der Waals surface area contributed by atoms with E-state index in [1.165, 1.54) is 6.07 Å². The molecule has 0 saturated heterocycles. The summed E-state index contributed by atoms with van der Waals surface area (Å²) in [6, 6.07) is 16.2. The predicted octanol–water partition coefficient (Wildman–Crippen LogP) is 3.48. The highest BCUT2D eigenvalue weighted by molar-refractivity contribution is 5.98. The molecular formula is C21H21N3O3. The van der Waals surface area contributed by atoms with E-state index >= 15 is 0 Å². The van der Waals surface area contributed by atoms with Crippen LogP contribution in [0.3, 0.4) is 0 Å². The summed E-state index contributed by atoms with van der Waals surface area (Å²) in [7, 11) is 0. The molecule has 2 aromatic carbocycles. The van der Waals surface area contributed by atoms with Gasteiger partial charge in [-0.25, -0.2) is 0 Å². The quantitative estimate of drug-likeness (QED) is 0.442. The van der Waals surface area contributed by atoms with Crippen molar-refractivity contribution < 1.29 is 14.7 Å². The van der Waals surface area contributed by atoms with E-state index in [1.54, 1.807) is 18.2 Å². The molecule has 0 spiro atoms. The van der Waals surface area contributed by atoms with E-state index in [-0.39, 0.29) is 23.9 Å². The van der Waals surface area contributed by atoms with Gasteiger partial charge in [-0.1, -0.05) is 42.0 Å². The number of Topliss-reactive ketones (excluding diaryl/α,β-unsaturated/α-hetero) is 1. The number of aromatic hydroxyl groups is 1. The van der Waals surface area contributed by atoms with E-state index in [2.05, 4.69) is 15.5 Å². The van der Waals surface area contributed by atoms with Crippen LogP contribution >= 0.6 is 0 Å². The zero-order chi connectivity index (χ0) is 19.2. The molecule has 0 aliphatic rings. The third-order valence-corrected chi connectivity index (χ3v) is 4.21. The largest absolute Gasteiger partial charge is 0.507 e. The summed E-state index contributed by atoms with van der Waals surface area (Å²) in [6.45, 7) is 2.22. The highest BCUT2D eigenvalue weighted by atomic mass is 16.3. The fourth-order valence-corrected chi connectivity index (χ4v) is 2.75. The number of carbonyl (C=O) groups excluding carboxylic acids is 2. The number of phenolic OH excluding ortho intramolecular Hbond substituents is 1. The Morgan fingerprint density at radius 3 is 2.67 bits per heavy atom. The molecule has 6 nitrogen and oxygen atoms in total. The fourth-order valence-electron chi connectivity index (χ4n) is 2.75. The molecule has 1 amide bonds. The van der Waals surface area contributed by atoms with Gasteiger partial charge in [-0.2, -0.15) is 5.10 Å². The lowest BCUT2D eigenvalue weighted by molar-refractivity contribution is 0.0933. The second-order valence-corrected chi connectivity index (χ2v) is 6.34. The Bertz CT molecular complexity index is 948. The summed E-state index contributed by atoms with van der Waals surface area (Å²) in [5.41, 5.74) is 3.24. The van der Waals surface area contributed by atoms with Gasteiger partial charge in [0.2, 0.25) is 0 Å². The van der Waals surface area contributed by atoms with Gasteiger partial charge in [0.25, 0.3) is 5.91 Å². The van der Waals surface area contributed by atoms with E-state index in [0.29, 0.717) is 29.9 Å². The van der Waals surface area contributed by atoms with Crippen molar-refractivity contribution in [3.05, 3.63) is 71.4 Å². The number of amides is 1. The molecule has 0 bridgehead atoms. The van der Waals surface area contributed by atoms with E-state index in [1.807, 2.05) is 37.3 Å². The first-order valence-corrected chi connectivity index (χ1v) is 8.76. The van der Waals surface area contributed by atoms with Crippen molar-refractivity contribution in [3.63, 3.8) is 0 Å². The minimum atomic E-state index is -0.268. The zero-order valence-electron chi connectivity index (χ0n) is 15.0. The molecule has 3 aromatic rings. The van der Waals surface area contributed by atoms with E-state index in [0.717, 1.165) is 11.1 Å². The van der Waals surface area contributed by atoms with Gasteiger partial charge in [-0.15, -0.1) is 0 Å². The number of hydrogen-bond acceptors (Lipinski definition) is 4. The molecular weight excluding hydrogens is 342 g/mol. The summed E-state index contributed by atoms with van der Waals surface area (Å²) >= 11 is 0. The van der Waals surface area contributed by atoms with Crippen LogP contribution in [0.25, 0.3) is 11.3 Å². The Hall–Kier alpha value is -3.41. The number of nitrogens with zero attached hydrogens (tertiary/aromatic N) is 1. The van der Waals surface area contributed by atoms with Crippen molar-refractivity contribution >= 4 is 11.7 Å². The number of ketones is 1. The van der Waals surface area contributed by atoms with Crippen LogP contribution in [0.2, 0.25) is 0 Å². The Balaban J connectivity index is 1.49. The van der Waals surface area contributed by atoms with Gasteiger partial charge in [-0.3, -0.25) is 14.7 Å². The van der Waals surface area contributed by atoms with Crippen LogP contribution in [0.15, 0.2) is 54.6 Å². The number of H-pyrrole nitrogens is 1. The van der Waals surface area contributed by atoms with Gasteiger partial charge in [0.05, 0.1) is 11.3 Å². The van der Waals surface area contributed by atoms with E-state index in [9.17, 15) is 14.7 Å². The van der Waals surface area contributed by atoms with Gasteiger partial charge < -0.3 is 10.4 Å². The number of carbonyl (C=O) groups is 2. The highest BCUT2D eigenvalue weighted by Gasteiger charge is 2.13. The summed E-state index contributed by atoms with van der Waals surface area (Å²) in [5, 5.41) is 19.5. The minimum absolute atomic E-state index is 0.0134. The Morgan fingerprint density at radius 2 is 1.89 bits per heavy atom. The molecule has 138 valence electrons. The van der Waals surface area contributed by atoms with Crippen LogP contribution < -0.4 is 5.32 Å². The smallest absolute Gasteiger partial charge is 0.269 e. The van der Waals surface area contributed by atoms with Gasteiger partial charge in [0.1, 0.15) is 11.4 Å². The molecule has 0 atom stereocenters. The maximum Gasteiger partial charge on any atom is 0.269 e. The van der Waals surface area contributed by atoms with E-state index < -0.39 is 0 Å². The third kappa shape index (κ3) is 4.61. The molecule has 0 unspecified atom stereocenters. The molecule has 0 aliphatic carbocycles. The maximum absolute atomic E-state index is 12.2. The molecule has 0 aliphatic heterocycles. The molecule has 3 N–H and O–H groups in total. The van der Waals surface area contributed by atoms with Crippen LogP contribution in [0.4, 0.5) is 0 Å². The summed E-state index contributed by atoms with van der Waals surface area (Å²) in [5.74, 6) is -0.422. The van der Waals surface area contributed by atoms with Crippen LogP contribution in [-0.2, 0) is 0 Å². The molecule has 0 saturated carbocycles. The number of aryl methyl sites for hydroxylation is 1. The lowest BCUT2D eigenvalue weighted by atomic mass is 10.0. The van der Waals surface area contributed by atoms with Crippen LogP contribution in [0, 0.1) is 6.92 Å². The van der Waals surface area contributed by atoms with Crippen molar-refractivity contribution in [2.45, 2.75) is 19.8 Å². The first-order chi connectivity index (χ1) is 13.0. The second-order valence-electron chi connectivity index (χ2n) is 6.34. The van der Waals surface area contributed by atoms with Crippen LogP contribution in [0.5, 0.6) is 5.75 Å². The van der Waals surface area contributed by atoms with Gasteiger partial charge in [0.15, 0.2) is 5.78 Å². The molecule has 6 heteroatoms. The van der Waals surface area contributed by atoms with Crippen LogP contribution in [0.1, 0.15) is 39.3 Å². The van der Waals surface area contributed by atoms with Gasteiger partial charge >= 0.3 is 0 Å². The van der Waals surface area contributed by atoms with Crippen molar-refractivity contribution in [1.82, 2.24) is 15.5 Å². The van der Waals surface area contributed by atoms with Gasteiger partial charge in [0, 0.05) is 18.5 Å². The highest BCUT2D eigenvalue weighted by Crippen LogP contribution is 2.20. The van der Waals surface area contributed by atoms with E-state index in [4.69, 9.17) is 0 Å². The Morgan fingerprint density at radius 1 is 1.11 bits per heavy atom. The number of nitrogens with one attached hydrogen (secondary N) is 2. The number of phenols is 1. The molecule has 1 aromatic heterocycles. The molecule has 0 fully saturated rings. The molecule has 1 heterocycles. The monoisotopic (exact) mass is 363 g/mol. The summed E-state index contributed by atoms with van der Waals surface area (Å²) in [6.07, 6.45) is 0.729. The number of aromatic amines is 1. The average molecular weight is 363 g/mol. The number of aromatic nitrogens is 2. The number of rotatable bonds is 7. The third-order valence-electron chi connectivity index (χ3n) is 4.21. The maximum atomic E-state index is 12.2. The standard InChI is InChI=1S/C21H21N3O3/c1-14-9-10-20(26)16(12-14)19(25)8-5-11-22-21(27)18-13-17(23-24-18)15-6-3-2-4-7-15/h2-4,6-7,9-10,12-13,26H,5,8,11H2,1H3,(H,22,27)(H,23,24). The molecule has 3 rings (SSSR count). The topological polar surface area (TPSA) is 95.1 Å². The fraction of sp³-hybridized carbons (Fsp3) is 0.190. The lowest BCUT2D eigenvalue weighted by Gasteiger charge is -2.06. The van der Waals surface area contributed by atoms with Gasteiger partial charge in [-0.05, 0) is 31.5 Å². The average Bonchev–Trinajstić information content (AvgIpc) is 3.18. The zero-order valence-corrected chi connectivity index (χ0v) is 15.0. The summed E-state index contributed by atoms with van der Waals surface area (Å²) < 4.78 is 0. The molecule has 0 radical (unpaired) electrons. The second kappa shape index (κ2) is 8.31. The lowest BCUT2D eigenvalue weighted by Crippen LogP contribution is -2.25. The minimum Gasteiger partial charge on any atom is -0.507 e. The van der Waals surface area contributed by atoms with Crippen molar-refractivity contribution in [3.8, 4) is 17.0 Å². The predicted molar refractivity (Wildman–Crippen MR) is 103 cm³/mol. The SMILES string of the molecule is Cc1ccc(O)c(C(=O)CCCNC(=O)c2cc(-c3ccccc3)n[nH]2)c1. The first-order valence-electron chi connectivity index (χ1n) is 8.76. The van der Waals surface area contributed by atoms with Crippen molar-refractivity contribution in [2.24, 2.45) is 0 Å². The Labute approximate surface area is 157 Å². The summed E-state index contributed by atoms with van der Waals surface area (Å²) in [4.78, 5) is 24.4.